The van der Waals surface area contributed by atoms with Crippen LogP contribution in [-0.2, 0) is 6.11 Å². The van der Waals surface area contributed by atoms with Crippen LogP contribution in [0.3, 0.4) is 0 Å². The molecule has 0 radical (unpaired) electrons. The van der Waals surface area contributed by atoms with E-state index >= 15 is 0 Å². The second-order valence-electron chi connectivity index (χ2n) is 7.27. The third-order valence-electron chi connectivity index (χ3n) is 5.16. The average molecular weight is 432 g/mol. The summed E-state index contributed by atoms with van der Waals surface area (Å²) in [4.78, 5) is 0. The molecule has 2 aromatic carbocycles. The van der Waals surface area contributed by atoms with E-state index < -0.39 is 46.5 Å². The Morgan fingerprint density at radius 2 is 1.63 bits per heavy atom. The number of benzene rings is 2. The first-order valence-electron chi connectivity index (χ1n) is 9.53. The SMILES string of the molecule is CCCC1CC=C(c2ccc(C(F)(F)Oc3cc(F)c(F)c(F)c3)c(F)c2F)CC1. The number of ether oxygens (including phenoxy) is 1. The van der Waals surface area contributed by atoms with Gasteiger partial charge < -0.3 is 4.74 Å². The van der Waals surface area contributed by atoms with E-state index in [0.717, 1.165) is 25.3 Å². The predicted octanol–water partition coefficient (Wildman–Crippen LogP) is 7.49. The van der Waals surface area contributed by atoms with Gasteiger partial charge in [0, 0.05) is 17.7 Å². The second-order valence-corrected chi connectivity index (χ2v) is 7.27. The topological polar surface area (TPSA) is 9.23 Å². The van der Waals surface area contributed by atoms with Gasteiger partial charge in [-0.25, -0.2) is 22.0 Å². The molecule has 1 nitrogen and oxygen atoms in total. The Kier molecular flexibility index (Phi) is 6.43. The van der Waals surface area contributed by atoms with Crippen LogP contribution < -0.4 is 4.74 Å². The van der Waals surface area contributed by atoms with Crippen molar-refractivity contribution in [3.8, 4) is 5.75 Å². The lowest BCUT2D eigenvalue weighted by Crippen LogP contribution is -2.24. The summed E-state index contributed by atoms with van der Waals surface area (Å²) in [6, 6.07) is 2.08. The largest absolute Gasteiger partial charge is 0.429 e. The lowest BCUT2D eigenvalue weighted by molar-refractivity contribution is -0.188. The minimum Gasteiger partial charge on any atom is -0.429 e. The van der Waals surface area contributed by atoms with Gasteiger partial charge in [0.1, 0.15) is 11.3 Å². The van der Waals surface area contributed by atoms with Gasteiger partial charge in [-0.2, -0.15) is 8.78 Å². The van der Waals surface area contributed by atoms with Crippen molar-refractivity contribution in [1.29, 1.82) is 0 Å². The summed E-state index contributed by atoms with van der Waals surface area (Å²) in [7, 11) is 0. The Hall–Kier alpha value is -2.51. The molecule has 0 aromatic heterocycles. The van der Waals surface area contributed by atoms with Gasteiger partial charge in [-0.1, -0.05) is 31.9 Å². The predicted molar refractivity (Wildman–Crippen MR) is 97.4 cm³/mol. The lowest BCUT2D eigenvalue weighted by atomic mass is 9.84. The normalized spacial score (nSPS) is 17.1. The molecule has 0 amide bonds. The molecular weight excluding hydrogens is 413 g/mol. The first-order chi connectivity index (χ1) is 14.1. The van der Waals surface area contributed by atoms with Gasteiger partial charge >= 0.3 is 6.11 Å². The summed E-state index contributed by atoms with van der Waals surface area (Å²) in [5.74, 6) is -9.27. The molecule has 0 spiro atoms. The molecule has 3 rings (SSSR count). The maximum atomic E-state index is 14.6. The fourth-order valence-corrected chi connectivity index (χ4v) is 3.62. The van der Waals surface area contributed by atoms with E-state index in [1.807, 2.05) is 0 Å². The van der Waals surface area contributed by atoms with Gasteiger partial charge in [0.2, 0.25) is 0 Å². The third kappa shape index (κ3) is 4.47. The molecule has 0 aliphatic heterocycles. The molecule has 1 aliphatic rings. The standard InChI is InChI=1S/C22H19F7O/c1-2-3-12-4-6-13(7-5-12)15-8-9-16(20(26)19(15)25)22(28,29)30-14-10-17(23)21(27)18(24)11-14/h6,8-12H,2-5,7H2,1H3. The average Bonchev–Trinajstić information content (AvgIpc) is 2.68. The van der Waals surface area contributed by atoms with Crippen molar-refractivity contribution in [3.63, 3.8) is 0 Å². The van der Waals surface area contributed by atoms with E-state index in [1.54, 1.807) is 6.08 Å². The highest BCUT2D eigenvalue weighted by Gasteiger charge is 2.40. The molecule has 0 fully saturated rings. The van der Waals surface area contributed by atoms with E-state index in [2.05, 4.69) is 11.7 Å². The minimum absolute atomic E-state index is 0.110. The Labute approximate surface area is 169 Å². The highest BCUT2D eigenvalue weighted by Crippen LogP contribution is 2.38. The summed E-state index contributed by atoms with van der Waals surface area (Å²) in [6.45, 7) is 2.06. The van der Waals surface area contributed by atoms with Crippen molar-refractivity contribution in [2.75, 3.05) is 0 Å². The highest BCUT2D eigenvalue weighted by atomic mass is 19.3. The molecule has 0 heterocycles. The number of alkyl halides is 2. The van der Waals surface area contributed by atoms with E-state index in [9.17, 15) is 30.7 Å². The maximum absolute atomic E-state index is 14.6. The Bertz CT molecular complexity index is 945. The summed E-state index contributed by atoms with van der Waals surface area (Å²) in [6.07, 6.45) is 1.38. The Balaban J connectivity index is 1.87. The van der Waals surface area contributed by atoms with Crippen molar-refractivity contribution < 1.29 is 35.5 Å². The van der Waals surface area contributed by atoms with Crippen molar-refractivity contribution in [2.24, 2.45) is 5.92 Å². The lowest BCUT2D eigenvalue weighted by Gasteiger charge is -2.23. The zero-order valence-electron chi connectivity index (χ0n) is 16.1. The minimum atomic E-state index is -4.45. The van der Waals surface area contributed by atoms with E-state index in [0.29, 0.717) is 30.4 Å². The molecule has 2 aromatic rings. The number of hydrogen-bond donors (Lipinski definition) is 0. The number of halogens is 7. The number of allylic oxidation sites excluding steroid dienone is 2. The molecule has 1 atom stereocenters. The van der Waals surface area contributed by atoms with Gasteiger partial charge in [0.15, 0.2) is 29.1 Å². The summed E-state index contributed by atoms with van der Waals surface area (Å²) in [5, 5.41) is 0. The van der Waals surface area contributed by atoms with Crippen molar-refractivity contribution in [2.45, 2.75) is 45.1 Å². The van der Waals surface area contributed by atoms with Gasteiger partial charge in [-0.05, 0) is 36.8 Å². The zero-order chi connectivity index (χ0) is 22.1. The molecule has 162 valence electrons. The van der Waals surface area contributed by atoms with Crippen LogP contribution in [0.1, 0.15) is 50.2 Å². The van der Waals surface area contributed by atoms with Crippen LogP contribution in [0.4, 0.5) is 30.7 Å². The Morgan fingerprint density at radius 1 is 0.967 bits per heavy atom. The van der Waals surface area contributed by atoms with Gasteiger partial charge in [-0.3, -0.25) is 0 Å². The zero-order valence-corrected chi connectivity index (χ0v) is 16.1. The van der Waals surface area contributed by atoms with Gasteiger partial charge in [0.05, 0.1) is 0 Å². The molecule has 8 heteroatoms. The van der Waals surface area contributed by atoms with Crippen LogP contribution in [0.25, 0.3) is 5.57 Å². The maximum Gasteiger partial charge on any atom is 0.429 e. The molecule has 0 N–H and O–H groups in total. The molecule has 0 saturated carbocycles. The van der Waals surface area contributed by atoms with Crippen molar-refractivity contribution in [3.05, 3.63) is 70.6 Å². The molecule has 30 heavy (non-hydrogen) atoms. The smallest absolute Gasteiger partial charge is 0.429 e. The van der Waals surface area contributed by atoms with E-state index in [4.69, 9.17) is 0 Å². The van der Waals surface area contributed by atoms with Crippen LogP contribution >= 0.6 is 0 Å². The van der Waals surface area contributed by atoms with Crippen LogP contribution in [0.2, 0.25) is 0 Å². The first kappa shape index (κ1) is 22.2. The highest BCUT2D eigenvalue weighted by molar-refractivity contribution is 5.67. The molecule has 0 saturated heterocycles. The summed E-state index contributed by atoms with van der Waals surface area (Å²) >= 11 is 0. The number of rotatable bonds is 6. The third-order valence-corrected chi connectivity index (χ3v) is 5.16. The quantitative estimate of drug-likeness (QED) is 0.339. The van der Waals surface area contributed by atoms with Crippen LogP contribution in [0, 0.1) is 35.0 Å². The molecule has 1 unspecified atom stereocenters. The van der Waals surface area contributed by atoms with Gasteiger partial charge in [-0.15, -0.1) is 0 Å². The number of hydrogen-bond acceptors (Lipinski definition) is 1. The molecule has 1 aliphatic carbocycles. The van der Waals surface area contributed by atoms with Crippen molar-refractivity contribution in [1.82, 2.24) is 0 Å². The fourth-order valence-electron chi connectivity index (χ4n) is 3.62. The molecule has 0 bridgehead atoms. The summed E-state index contributed by atoms with van der Waals surface area (Å²) < 4.78 is 101. The molecular formula is C22H19F7O. The van der Waals surface area contributed by atoms with Crippen LogP contribution in [0.5, 0.6) is 5.75 Å². The van der Waals surface area contributed by atoms with Gasteiger partial charge in [0.25, 0.3) is 0 Å². The van der Waals surface area contributed by atoms with Crippen molar-refractivity contribution >= 4 is 5.57 Å². The summed E-state index contributed by atoms with van der Waals surface area (Å²) in [5.41, 5.74) is -1.01. The van der Waals surface area contributed by atoms with Crippen LogP contribution in [-0.4, -0.2) is 0 Å². The first-order valence-corrected chi connectivity index (χ1v) is 9.53. The van der Waals surface area contributed by atoms with E-state index in [-0.39, 0.29) is 17.7 Å². The van der Waals surface area contributed by atoms with Crippen LogP contribution in [0.15, 0.2) is 30.3 Å². The fraction of sp³-hybridized carbons (Fsp3) is 0.364. The monoisotopic (exact) mass is 432 g/mol. The van der Waals surface area contributed by atoms with E-state index in [1.165, 1.54) is 0 Å². The Morgan fingerprint density at radius 3 is 2.20 bits per heavy atom. The second kappa shape index (κ2) is 8.70.